The largest absolute Gasteiger partial charge is 0.351 e. The number of aromatic amines is 1. The van der Waals surface area contributed by atoms with Gasteiger partial charge in [0.05, 0.1) is 11.0 Å². The van der Waals surface area contributed by atoms with Crippen LogP contribution < -0.4 is 10.6 Å². The van der Waals surface area contributed by atoms with E-state index in [1.807, 2.05) is 25.1 Å². The van der Waals surface area contributed by atoms with Gasteiger partial charge in [-0.3, -0.25) is 9.89 Å². The molecule has 1 aliphatic heterocycles. The van der Waals surface area contributed by atoms with Crippen molar-refractivity contribution in [2.24, 2.45) is 0 Å². The first-order chi connectivity index (χ1) is 12.2. The van der Waals surface area contributed by atoms with Crippen molar-refractivity contribution in [2.75, 3.05) is 13.1 Å². The third-order valence-corrected chi connectivity index (χ3v) is 4.71. The molecule has 3 heterocycles. The monoisotopic (exact) mass is 338 g/mol. The van der Waals surface area contributed by atoms with Crippen molar-refractivity contribution in [3.63, 3.8) is 0 Å². The Labute approximate surface area is 145 Å². The van der Waals surface area contributed by atoms with Crippen molar-refractivity contribution in [2.45, 2.75) is 32.9 Å². The molecule has 0 radical (unpaired) electrons. The predicted octanol–water partition coefficient (Wildman–Crippen LogP) is 1.53. The first-order valence-electron chi connectivity index (χ1n) is 8.71. The van der Waals surface area contributed by atoms with Crippen LogP contribution in [0.3, 0.4) is 0 Å². The normalized spacial score (nSPS) is 13.8. The number of imidazole rings is 1. The number of hydrogen-bond donors (Lipinski definition) is 3. The lowest BCUT2D eigenvalue weighted by Gasteiger charge is -2.13. The topological polar surface area (TPSA) is 87.6 Å². The second kappa shape index (κ2) is 6.68. The summed E-state index contributed by atoms with van der Waals surface area (Å²) < 4.78 is 2.20. The van der Waals surface area contributed by atoms with Crippen LogP contribution >= 0.6 is 0 Å². The molecule has 2 aromatic heterocycles. The molecule has 0 fully saturated rings. The van der Waals surface area contributed by atoms with Gasteiger partial charge in [-0.05, 0) is 25.5 Å². The molecule has 0 spiro atoms. The van der Waals surface area contributed by atoms with Crippen LogP contribution in [0.15, 0.2) is 24.3 Å². The van der Waals surface area contributed by atoms with Gasteiger partial charge in [-0.25, -0.2) is 4.98 Å². The maximum Gasteiger partial charge on any atom is 0.272 e. The third-order valence-electron chi connectivity index (χ3n) is 4.71. The summed E-state index contributed by atoms with van der Waals surface area (Å²) in [5.74, 6) is 0.897. The molecule has 0 atom stereocenters. The SMILES string of the molecule is Cc1nc2ccccc2n1CCCNC(=O)c1n[nH]c2c1CNCC2. The number of carbonyl (C=O) groups excluding carboxylic acids is 1. The average Bonchev–Trinajstić information content (AvgIpc) is 3.19. The summed E-state index contributed by atoms with van der Waals surface area (Å²) in [5, 5.41) is 13.4. The van der Waals surface area contributed by atoms with Gasteiger partial charge in [-0.1, -0.05) is 12.1 Å². The molecule has 0 bridgehead atoms. The zero-order valence-electron chi connectivity index (χ0n) is 14.3. The van der Waals surface area contributed by atoms with Crippen LogP contribution in [0.2, 0.25) is 0 Å². The summed E-state index contributed by atoms with van der Waals surface area (Å²) in [5.41, 5.74) is 4.74. The Bertz CT molecular complexity index is 910. The summed E-state index contributed by atoms with van der Waals surface area (Å²) >= 11 is 0. The number of benzene rings is 1. The highest BCUT2D eigenvalue weighted by atomic mass is 16.1. The Morgan fingerprint density at radius 3 is 3.16 bits per heavy atom. The molecule has 7 nitrogen and oxygen atoms in total. The molecule has 130 valence electrons. The van der Waals surface area contributed by atoms with Crippen molar-refractivity contribution >= 4 is 16.9 Å². The third kappa shape index (κ3) is 3.02. The van der Waals surface area contributed by atoms with Gasteiger partial charge in [0.25, 0.3) is 5.91 Å². The van der Waals surface area contributed by atoms with Crippen molar-refractivity contribution in [1.82, 2.24) is 30.4 Å². The number of aryl methyl sites for hydroxylation is 2. The number of hydrogen-bond acceptors (Lipinski definition) is 4. The van der Waals surface area contributed by atoms with E-state index in [0.29, 0.717) is 18.8 Å². The molecule has 4 rings (SSSR count). The zero-order chi connectivity index (χ0) is 17.2. The Hall–Kier alpha value is -2.67. The second-order valence-electron chi connectivity index (χ2n) is 6.36. The molecule has 0 saturated heterocycles. The molecule has 3 aromatic rings. The summed E-state index contributed by atoms with van der Waals surface area (Å²) in [6.45, 7) is 5.08. The van der Waals surface area contributed by atoms with Crippen LogP contribution in [0.25, 0.3) is 11.0 Å². The van der Waals surface area contributed by atoms with Crippen LogP contribution in [0.4, 0.5) is 0 Å². The fourth-order valence-corrected chi connectivity index (χ4v) is 3.41. The molecule has 1 aromatic carbocycles. The molecule has 0 unspecified atom stereocenters. The van der Waals surface area contributed by atoms with E-state index in [4.69, 9.17) is 0 Å². The predicted molar refractivity (Wildman–Crippen MR) is 95.4 cm³/mol. The first-order valence-corrected chi connectivity index (χ1v) is 8.71. The lowest BCUT2D eigenvalue weighted by molar-refractivity contribution is 0.0946. The number of aromatic nitrogens is 4. The number of rotatable bonds is 5. The van der Waals surface area contributed by atoms with Crippen molar-refractivity contribution in [3.05, 3.63) is 47.0 Å². The van der Waals surface area contributed by atoms with Crippen molar-refractivity contribution in [1.29, 1.82) is 0 Å². The maximum atomic E-state index is 12.4. The van der Waals surface area contributed by atoms with Crippen LogP contribution in [-0.4, -0.2) is 38.7 Å². The molecule has 1 amide bonds. The average molecular weight is 338 g/mol. The first kappa shape index (κ1) is 15.8. The molecule has 1 aliphatic rings. The minimum absolute atomic E-state index is 0.103. The van der Waals surface area contributed by atoms with E-state index >= 15 is 0 Å². The lowest BCUT2D eigenvalue weighted by Crippen LogP contribution is -2.29. The highest BCUT2D eigenvalue weighted by molar-refractivity contribution is 5.94. The number of nitrogens with zero attached hydrogens (tertiary/aromatic N) is 3. The van der Waals surface area contributed by atoms with Crippen molar-refractivity contribution in [3.8, 4) is 0 Å². The smallest absolute Gasteiger partial charge is 0.272 e. The van der Waals surface area contributed by atoms with Gasteiger partial charge in [0.15, 0.2) is 5.69 Å². The lowest BCUT2D eigenvalue weighted by atomic mass is 10.1. The molecule has 7 heteroatoms. The van der Waals surface area contributed by atoms with Crippen LogP contribution in [0, 0.1) is 6.92 Å². The maximum absolute atomic E-state index is 12.4. The highest BCUT2D eigenvalue weighted by Crippen LogP contribution is 2.16. The highest BCUT2D eigenvalue weighted by Gasteiger charge is 2.21. The van der Waals surface area contributed by atoms with E-state index < -0.39 is 0 Å². The van der Waals surface area contributed by atoms with Gasteiger partial charge in [0.1, 0.15) is 5.82 Å². The fourth-order valence-electron chi connectivity index (χ4n) is 3.41. The van der Waals surface area contributed by atoms with Gasteiger partial charge >= 0.3 is 0 Å². The van der Waals surface area contributed by atoms with E-state index in [9.17, 15) is 4.79 Å². The molecular formula is C18H22N6O. The van der Waals surface area contributed by atoms with E-state index in [-0.39, 0.29) is 5.91 Å². The number of fused-ring (bicyclic) bond motifs is 2. The Balaban J connectivity index is 1.35. The molecule has 0 saturated carbocycles. The molecular weight excluding hydrogens is 316 g/mol. The van der Waals surface area contributed by atoms with Crippen LogP contribution in [0.1, 0.15) is 34.0 Å². The van der Waals surface area contributed by atoms with E-state index in [1.165, 1.54) is 0 Å². The number of amides is 1. The molecule has 25 heavy (non-hydrogen) atoms. The Kier molecular flexibility index (Phi) is 4.23. The summed E-state index contributed by atoms with van der Waals surface area (Å²) in [6.07, 6.45) is 1.74. The van der Waals surface area contributed by atoms with Gasteiger partial charge in [0, 0.05) is 43.9 Å². The van der Waals surface area contributed by atoms with E-state index in [2.05, 4.69) is 36.4 Å². The molecule has 0 aliphatic carbocycles. The summed E-state index contributed by atoms with van der Waals surface area (Å²) in [4.78, 5) is 16.9. The number of carbonyl (C=O) groups is 1. The summed E-state index contributed by atoms with van der Waals surface area (Å²) in [6, 6.07) is 8.13. The second-order valence-corrected chi connectivity index (χ2v) is 6.36. The number of H-pyrrole nitrogens is 1. The summed E-state index contributed by atoms with van der Waals surface area (Å²) in [7, 11) is 0. The van der Waals surface area contributed by atoms with Crippen LogP contribution in [-0.2, 0) is 19.5 Å². The standard InChI is InChI=1S/C18H22N6O/c1-12-21-15-5-2-3-6-16(15)24(12)10-4-8-20-18(25)17-13-11-19-9-7-14(13)22-23-17/h2-3,5-6,19H,4,7-11H2,1H3,(H,20,25)(H,22,23). The zero-order valence-corrected chi connectivity index (χ0v) is 14.3. The Morgan fingerprint density at radius 1 is 1.36 bits per heavy atom. The number of nitrogens with one attached hydrogen (secondary N) is 3. The Morgan fingerprint density at radius 2 is 2.24 bits per heavy atom. The minimum Gasteiger partial charge on any atom is -0.351 e. The van der Waals surface area contributed by atoms with Gasteiger partial charge in [-0.2, -0.15) is 5.10 Å². The quantitative estimate of drug-likeness (QED) is 0.616. The fraction of sp³-hybridized carbons (Fsp3) is 0.389. The molecule has 3 N–H and O–H groups in total. The van der Waals surface area contributed by atoms with Gasteiger partial charge in [-0.15, -0.1) is 0 Å². The van der Waals surface area contributed by atoms with E-state index in [1.54, 1.807) is 0 Å². The van der Waals surface area contributed by atoms with Crippen LogP contribution in [0.5, 0.6) is 0 Å². The number of para-hydroxylation sites is 2. The minimum atomic E-state index is -0.103. The van der Waals surface area contributed by atoms with Crippen molar-refractivity contribution < 1.29 is 4.79 Å². The van der Waals surface area contributed by atoms with Gasteiger partial charge < -0.3 is 15.2 Å². The van der Waals surface area contributed by atoms with E-state index in [0.717, 1.165) is 54.0 Å². The van der Waals surface area contributed by atoms with Gasteiger partial charge in [0.2, 0.25) is 0 Å².